The van der Waals surface area contributed by atoms with Gasteiger partial charge in [-0.15, -0.1) is 10.2 Å². The zero-order valence-electron chi connectivity index (χ0n) is 19.5. The number of unbranched alkanes of at least 4 members (excludes halogenated alkanes) is 15. The predicted molar refractivity (Wildman–Crippen MR) is 108 cm³/mol. The van der Waals surface area contributed by atoms with Gasteiger partial charge in [0.2, 0.25) is 0 Å². The maximum atomic E-state index is 9.68. The molecule has 0 radical (unpaired) electrons. The van der Waals surface area contributed by atoms with Gasteiger partial charge in [-0.2, -0.15) is 0 Å². The van der Waals surface area contributed by atoms with Gasteiger partial charge in [-0.25, -0.2) is 18.6 Å². The molecule has 0 aliphatic rings. The fraction of sp³-hybridized carbons (Fsp3) is 1.00. The fourth-order valence-corrected chi connectivity index (χ4v) is 3.25. The van der Waals surface area contributed by atoms with Crippen LogP contribution in [0, 0.1) is 10.2 Å². The summed E-state index contributed by atoms with van der Waals surface area (Å²) in [7, 11) is -0.703. The van der Waals surface area contributed by atoms with Crippen LogP contribution in [-0.4, -0.2) is 36.5 Å². The van der Waals surface area contributed by atoms with Crippen molar-refractivity contribution in [2.75, 3.05) is 20.6 Å². The molecule has 0 aromatic heterocycles. The molecule has 0 fully saturated rings. The number of aliphatic hydroxyl groups is 1. The third kappa shape index (κ3) is 30.3. The van der Waals surface area contributed by atoms with Crippen molar-refractivity contribution in [2.24, 2.45) is 0 Å². The van der Waals surface area contributed by atoms with Gasteiger partial charge in [-0.05, 0) is 12.8 Å². The molecular formula is C22H48ClNO5. The lowest BCUT2D eigenvalue weighted by molar-refractivity contribution is -2.00. The minimum atomic E-state index is -4.94. The molecule has 0 saturated carbocycles. The molecule has 0 aromatic carbocycles. The normalized spacial score (nSPS) is 13.1. The van der Waals surface area contributed by atoms with Gasteiger partial charge in [0, 0.05) is 6.92 Å². The topological polar surface area (TPSA) is 112 Å². The second kappa shape index (κ2) is 20.0. The van der Waals surface area contributed by atoms with Crippen LogP contribution in [0.15, 0.2) is 0 Å². The molecule has 1 N–H and O–H groups in total. The van der Waals surface area contributed by atoms with E-state index in [4.69, 9.17) is 18.6 Å². The summed E-state index contributed by atoms with van der Waals surface area (Å²) in [4.78, 5) is 0. The molecule has 0 saturated heterocycles. The smallest absolute Gasteiger partial charge is 0.187 e. The summed E-state index contributed by atoms with van der Waals surface area (Å²) in [6.07, 6.45) is 22.4. The second-order valence-corrected chi connectivity index (χ2v) is 9.57. The molecule has 0 spiro atoms. The molecule has 0 rings (SSSR count). The summed E-state index contributed by atoms with van der Waals surface area (Å²) in [5.41, 5.74) is 0. The number of hydrogen-bond acceptors (Lipinski definition) is 5. The van der Waals surface area contributed by atoms with E-state index in [1.165, 1.54) is 103 Å². The van der Waals surface area contributed by atoms with Crippen LogP contribution >= 0.6 is 0 Å². The molecule has 6 nitrogen and oxygen atoms in total. The van der Waals surface area contributed by atoms with Gasteiger partial charge in [0.15, 0.2) is 6.23 Å². The van der Waals surface area contributed by atoms with Crippen molar-refractivity contribution < 1.29 is 38.5 Å². The summed E-state index contributed by atoms with van der Waals surface area (Å²) in [5, 5.41) is 9.68. The van der Waals surface area contributed by atoms with Crippen molar-refractivity contribution in [3.63, 3.8) is 0 Å². The SMILES string of the molecule is CCCCCCCCCCCCCCCCCC[N+](C)(C)C(C)O.[O-][Cl+3]([O-])([O-])[O-]. The Balaban J connectivity index is 0. The molecule has 0 amide bonds. The van der Waals surface area contributed by atoms with Gasteiger partial charge >= 0.3 is 0 Å². The first kappa shape index (κ1) is 31.2. The molecule has 0 aliphatic heterocycles. The third-order valence-electron chi connectivity index (χ3n) is 5.60. The Labute approximate surface area is 182 Å². The summed E-state index contributed by atoms with van der Waals surface area (Å²) < 4.78 is 34.7. The van der Waals surface area contributed by atoms with E-state index in [1.54, 1.807) is 0 Å². The van der Waals surface area contributed by atoms with E-state index in [9.17, 15) is 5.11 Å². The van der Waals surface area contributed by atoms with Gasteiger partial charge in [-0.3, -0.25) is 0 Å². The molecule has 1 atom stereocenters. The Hall–Kier alpha value is 0.0500. The molecular weight excluding hydrogens is 394 g/mol. The van der Waals surface area contributed by atoms with E-state index in [2.05, 4.69) is 21.0 Å². The Bertz CT molecular complexity index is 330. The standard InChI is InChI=1S/C22H48NO.ClHO4/c1-5-6-7-8-9-10-11-12-13-14-15-16-17-18-19-20-21-23(3,4)22(2)24;2-1(3,4)5/h22,24H,5-21H2,1-4H3;(H,2,3,4,5)/q+1;/p-1. The van der Waals surface area contributed by atoms with Crippen molar-refractivity contribution in [1.82, 2.24) is 0 Å². The van der Waals surface area contributed by atoms with Crippen LogP contribution < -0.4 is 18.6 Å². The lowest BCUT2D eigenvalue weighted by atomic mass is 10.0. The molecule has 0 aromatic rings. The highest BCUT2D eigenvalue weighted by Crippen LogP contribution is 2.14. The number of halogens is 1. The summed E-state index contributed by atoms with van der Waals surface area (Å²) in [6.45, 7) is 5.28. The predicted octanol–water partition coefficient (Wildman–Crippen LogP) is 1.91. The average molecular weight is 442 g/mol. The zero-order valence-corrected chi connectivity index (χ0v) is 20.3. The third-order valence-corrected chi connectivity index (χ3v) is 5.60. The van der Waals surface area contributed by atoms with Crippen LogP contribution in [0.3, 0.4) is 0 Å². The van der Waals surface area contributed by atoms with Crippen molar-refractivity contribution in [3.05, 3.63) is 0 Å². The van der Waals surface area contributed by atoms with E-state index in [0.29, 0.717) is 0 Å². The summed E-state index contributed by atoms with van der Waals surface area (Å²) in [5.74, 6) is 0. The highest BCUT2D eigenvalue weighted by atomic mass is 35.7. The van der Waals surface area contributed by atoms with Crippen LogP contribution in [0.4, 0.5) is 0 Å². The molecule has 0 bridgehead atoms. The van der Waals surface area contributed by atoms with Crippen molar-refractivity contribution in [1.29, 1.82) is 0 Å². The van der Waals surface area contributed by atoms with Gasteiger partial charge < -0.3 is 9.59 Å². The van der Waals surface area contributed by atoms with Gasteiger partial charge in [-0.1, -0.05) is 96.8 Å². The average Bonchev–Trinajstić information content (AvgIpc) is 2.59. The number of rotatable bonds is 18. The van der Waals surface area contributed by atoms with Crippen molar-refractivity contribution in [3.8, 4) is 0 Å². The van der Waals surface area contributed by atoms with Gasteiger partial charge in [0.1, 0.15) is 0 Å². The van der Waals surface area contributed by atoms with Crippen LogP contribution in [0.5, 0.6) is 0 Å². The molecule has 7 heteroatoms. The van der Waals surface area contributed by atoms with E-state index in [-0.39, 0.29) is 6.23 Å². The Morgan fingerprint density at radius 3 is 1.10 bits per heavy atom. The van der Waals surface area contributed by atoms with Crippen LogP contribution in [-0.2, 0) is 0 Å². The highest BCUT2D eigenvalue weighted by Gasteiger charge is 2.20. The number of nitrogens with zero attached hydrogens (tertiary/aromatic N) is 1. The molecule has 178 valence electrons. The second-order valence-electron chi connectivity index (χ2n) is 8.82. The lowest BCUT2D eigenvalue weighted by Gasteiger charge is -2.32. The minimum Gasteiger partial charge on any atom is -0.345 e. The van der Waals surface area contributed by atoms with Crippen molar-refractivity contribution in [2.45, 2.75) is 123 Å². The minimum absolute atomic E-state index is 0.249. The maximum absolute atomic E-state index is 9.68. The maximum Gasteiger partial charge on any atom is 0.187 e. The molecule has 1 unspecified atom stereocenters. The largest absolute Gasteiger partial charge is 0.345 e. The summed E-state index contributed by atoms with van der Waals surface area (Å²) >= 11 is 0. The van der Waals surface area contributed by atoms with Crippen LogP contribution in [0.2, 0.25) is 0 Å². The molecule has 0 heterocycles. The Morgan fingerprint density at radius 1 is 0.621 bits per heavy atom. The quantitative estimate of drug-likeness (QED) is 0.198. The lowest BCUT2D eigenvalue weighted by Crippen LogP contribution is -2.68. The zero-order chi connectivity index (χ0) is 22.6. The van der Waals surface area contributed by atoms with E-state index >= 15 is 0 Å². The summed E-state index contributed by atoms with van der Waals surface area (Å²) in [6, 6.07) is 0. The van der Waals surface area contributed by atoms with Gasteiger partial charge in [0.05, 0.1) is 20.6 Å². The monoisotopic (exact) mass is 441 g/mol. The Kier molecular flexibility index (Phi) is 21.5. The number of hydrogen-bond donors (Lipinski definition) is 1. The number of aliphatic hydroxyl groups excluding tert-OH is 1. The van der Waals surface area contributed by atoms with Crippen LogP contribution in [0.1, 0.15) is 117 Å². The first-order valence-corrected chi connectivity index (χ1v) is 12.9. The van der Waals surface area contributed by atoms with E-state index < -0.39 is 10.2 Å². The van der Waals surface area contributed by atoms with E-state index in [0.717, 1.165) is 11.0 Å². The first-order valence-electron chi connectivity index (χ1n) is 11.6. The highest BCUT2D eigenvalue weighted by molar-refractivity contribution is 4.50. The first-order chi connectivity index (χ1) is 13.5. The Morgan fingerprint density at radius 2 is 0.862 bits per heavy atom. The van der Waals surface area contributed by atoms with Gasteiger partial charge in [0.25, 0.3) is 0 Å². The molecule has 29 heavy (non-hydrogen) atoms. The fourth-order valence-electron chi connectivity index (χ4n) is 3.25. The molecule has 0 aliphatic carbocycles. The van der Waals surface area contributed by atoms with E-state index in [1.807, 2.05) is 6.92 Å². The number of quaternary nitrogens is 1. The van der Waals surface area contributed by atoms with Crippen LogP contribution in [0.25, 0.3) is 0 Å². The van der Waals surface area contributed by atoms with Crippen molar-refractivity contribution >= 4 is 0 Å².